The van der Waals surface area contributed by atoms with Crippen molar-refractivity contribution < 1.29 is 0 Å². The van der Waals surface area contributed by atoms with E-state index in [1.165, 1.54) is 55.3 Å². The third-order valence-corrected chi connectivity index (χ3v) is 11.1. The van der Waals surface area contributed by atoms with Gasteiger partial charge in [-0.1, -0.05) is 218 Å². The van der Waals surface area contributed by atoms with E-state index in [1.54, 1.807) is 0 Å². The second kappa shape index (κ2) is 17.8. The molecular formula is C59H45N. The van der Waals surface area contributed by atoms with Crippen molar-refractivity contribution in [3.63, 3.8) is 0 Å². The summed E-state index contributed by atoms with van der Waals surface area (Å²) in [5.41, 5.74) is 16.3. The zero-order chi connectivity index (χ0) is 40.5. The van der Waals surface area contributed by atoms with Crippen LogP contribution in [0.3, 0.4) is 0 Å². The molecule has 0 radical (unpaired) electrons. The first kappa shape index (κ1) is 37.8. The van der Waals surface area contributed by atoms with Crippen molar-refractivity contribution >= 4 is 51.0 Å². The number of hydrogen-bond acceptors (Lipinski definition) is 1. The van der Waals surface area contributed by atoms with E-state index in [0.717, 1.165) is 33.6 Å². The zero-order valence-electron chi connectivity index (χ0n) is 33.7. The number of aryl methyl sites for hydroxylation is 1. The molecule has 0 atom stereocenters. The van der Waals surface area contributed by atoms with E-state index in [2.05, 4.69) is 267 Å². The van der Waals surface area contributed by atoms with Gasteiger partial charge in [0.25, 0.3) is 0 Å². The fourth-order valence-corrected chi connectivity index (χ4v) is 8.09. The summed E-state index contributed by atoms with van der Waals surface area (Å²) in [5.74, 6) is 0. The van der Waals surface area contributed by atoms with Crippen LogP contribution < -0.4 is 4.90 Å². The number of anilines is 2. The first-order chi connectivity index (χ1) is 29.7. The van der Waals surface area contributed by atoms with Crippen LogP contribution in [0, 0.1) is 6.92 Å². The highest BCUT2D eigenvalue weighted by molar-refractivity contribution is 6.05. The van der Waals surface area contributed by atoms with Gasteiger partial charge in [-0.05, 0) is 104 Å². The molecule has 9 aromatic rings. The van der Waals surface area contributed by atoms with Crippen LogP contribution in [0.4, 0.5) is 11.4 Å². The van der Waals surface area contributed by atoms with Crippen LogP contribution in [0.2, 0.25) is 0 Å². The number of nitrogens with zero attached hydrogens (tertiary/aromatic N) is 1. The predicted octanol–water partition coefficient (Wildman–Crippen LogP) is 15.6. The van der Waals surface area contributed by atoms with Crippen molar-refractivity contribution in [1.29, 1.82) is 0 Å². The van der Waals surface area contributed by atoms with Gasteiger partial charge >= 0.3 is 0 Å². The van der Waals surface area contributed by atoms with Crippen molar-refractivity contribution in [2.24, 2.45) is 0 Å². The summed E-state index contributed by atoms with van der Waals surface area (Å²) >= 11 is 0. The van der Waals surface area contributed by atoms with Gasteiger partial charge in [-0.15, -0.1) is 0 Å². The van der Waals surface area contributed by atoms with Crippen molar-refractivity contribution in [3.05, 3.63) is 293 Å². The highest BCUT2D eigenvalue weighted by Gasteiger charge is 2.18. The molecular weight excluding hydrogens is 723 g/mol. The van der Waals surface area contributed by atoms with Crippen LogP contribution in [0.25, 0.3) is 39.6 Å². The molecule has 0 unspecified atom stereocenters. The highest BCUT2D eigenvalue weighted by Crippen LogP contribution is 2.40. The summed E-state index contributed by atoms with van der Waals surface area (Å²) in [4.78, 5) is 2.40. The van der Waals surface area contributed by atoms with E-state index in [0.29, 0.717) is 0 Å². The van der Waals surface area contributed by atoms with Gasteiger partial charge in [0.2, 0.25) is 0 Å². The van der Waals surface area contributed by atoms with Gasteiger partial charge in [-0.2, -0.15) is 0 Å². The topological polar surface area (TPSA) is 3.24 Å². The van der Waals surface area contributed by atoms with Crippen LogP contribution in [-0.2, 0) is 0 Å². The summed E-state index contributed by atoms with van der Waals surface area (Å²) in [6.45, 7) is 2.23. The Morgan fingerprint density at radius 3 is 1.13 bits per heavy atom. The summed E-state index contributed by atoms with van der Waals surface area (Å²) in [6, 6.07) is 84.4. The average molecular weight is 768 g/mol. The van der Waals surface area contributed by atoms with Crippen molar-refractivity contribution in [2.75, 3.05) is 4.90 Å². The third-order valence-electron chi connectivity index (χ3n) is 11.1. The van der Waals surface area contributed by atoms with Gasteiger partial charge in [-0.3, -0.25) is 0 Å². The second-order valence-corrected chi connectivity index (χ2v) is 15.0. The van der Waals surface area contributed by atoms with E-state index < -0.39 is 0 Å². The first-order valence-corrected chi connectivity index (χ1v) is 20.6. The van der Waals surface area contributed by atoms with Gasteiger partial charge < -0.3 is 4.90 Å². The van der Waals surface area contributed by atoms with E-state index in [9.17, 15) is 0 Å². The highest BCUT2D eigenvalue weighted by atomic mass is 15.1. The minimum absolute atomic E-state index is 1.11. The number of rotatable bonds is 11. The number of hydrogen-bond donors (Lipinski definition) is 0. The zero-order valence-corrected chi connectivity index (χ0v) is 33.7. The summed E-state index contributed by atoms with van der Waals surface area (Å²) in [5, 5.41) is 2.36. The quantitative estimate of drug-likeness (QED) is 0.119. The number of benzene rings is 9. The first-order valence-electron chi connectivity index (χ1n) is 20.6. The second-order valence-electron chi connectivity index (χ2n) is 15.0. The Labute approximate surface area is 354 Å². The minimum atomic E-state index is 1.11. The maximum atomic E-state index is 2.40. The minimum Gasteiger partial charge on any atom is -0.316 e. The molecule has 0 aliphatic rings. The molecule has 0 spiro atoms. The lowest BCUT2D eigenvalue weighted by molar-refractivity contribution is 1.25. The lowest BCUT2D eigenvalue weighted by Crippen LogP contribution is -2.12. The lowest BCUT2D eigenvalue weighted by atomic mass is 9.93. The van der Waals surface area contributed by atoms with E-state index in [-0.39, 0.29) is 0 Å². The van der Waals surface area contributed by atoms with Gasteiger partial charge in [0.1, 0.15) is 0 Å². The molecule has 0 amide bonds. The third kappa shape index (κ3) is 8.29. The molecule has 1 heteroatoms. The molecule has 0 aliphatic carbocycles. The van der Waals surface area contributed by atoms with Crippen molar-refractivity contribution in [3.8, 4) is 0 Å². The fraction of sp³-hybridized carbons (Fsp3) is 0.0169. The molecule has 9 aromatic carbocycles. The van der Waals surface area contributed by atoms with Crippen LogP contribution >= 0.6 is 0 Å². The van der Waals surface area contributed by atoms with E-state index >= 15 is 0 Å². The smallest absolute Gasteiger partial charge is 0.0534 e. The maximum absolute atomic E-state index is 2.40. The summed E-state index contributed by atoms with van der Waals surface area (Å²) in [7, 11) is 0. The summed E-state index contributed by atoms with van der Waals surface area (Å²) < 4.78 is 0. The average Bonchev–Trinajstić information content (AvgIpc) is 3.32. The molecule has 0 saturated heterocycles. The Morgan fingerprint density at radius 1 is 0.333 bits per heavy atom. The fourth-order valence-electron chi connectivity index (χ4n) is 8.09. The molecule has 0 N–H and O–H groups in total. The molecule has 0 heterocycles. The Kier molecular flexibility index (Phi) is 11.2. The van der Waals surface area contributed by atoms with Crippen LogP contribution in [0.15, 0.2) is 243 Å². The molecule has 286 valence electrons. The van der Waals surface area contributed by atoms with Crippen LogP contribution in [0.1, 0.15) is 50.1 Å². The van der Waals surface area contributed by atoms with Crippen LogP contribution in [0.5, 0.6) is 0 Å². The lowest BCUT2D eigenvalue weighted by Gasteiger charge is -2.27. The molecule has 1 nitrogen and oxygen atoms in total. The Bertz CT molecular complexity index is 2810. The monoisotopic (exact) mass is 767 g/mol. The molecule has 0 saturated carbocycles. The normalized spacial score (nSPS) is 10.8. The molecule has 9 rings (SSSR count). The maximum Gasteiger partial charge on any atom is 0.0534 e. The van der Waals surface area contributed by atoms with Crippen molar-refractivity contribution in [2.45, 2.75) is 6.92 Å². The van der Waals surface area contributed by atoms with Gasteiger partial charge in [0.15, 0.2) is 0 Å². The van der Waals surface area contributed by atoms with Gasteiger partial charge in [0, 0.05) is 22.8 Å². The standard InChI is InChI=1S/C59H45N/c1-44-40-45(41-55(46-22-8-2-9-23-46)47-24-10-3-11-25-47)36-38-58(44)60(43-57(50-30-16-6-17-31-50)51-32-18-7-19-33-51)59-39-37-52(53-34-20-21-35-54(53)59)42-56(48-26-12-4-13-27-48)49-28-14-5-15-29-49/h2-43H,1H3. The van der Waals surface area contributed by atoms with E-state index in [1.807, 2.05) is 0 Å². The molecule has 0 aliphatic heterocycles. The SMILES string of the molecule is Cc1cc(C=C(c2ccccc2)c2ccccc2)ccc1N(C=C(c1ccccc1)c1ccccc1)c1ccc(C=C(c2ccccc2)c2ccccc2)c2ccccc12. The Hall–Kier alpha value is -7.74. The molecule has 0 aromatic heterocycles. The molecule has 0 bridgehead atoms. The molecule has 60 heavy (non-hydrogen) atoms. The Balaban J connectivity index is 1.24. The number of fused-ring (bicyclic) bond motifs is 1. The van der Waals surface area contributed by atoms with Gasteiger partial charge in [-0.25, -0.2) is 0 Å². The Morgan fingerprint density at radius 2 is 0.700 bits per heavy atom. The van der Waals surface area contributed by atoms with E-state index in [4.69, 9.17) is 0 Å². The molecule has 0 fully saturated rings. The summed E-state index contributed by atoms with van der Waals surface area (Å²) in [6.07, 6.45) is 6.99. The van der Waals surface area contributed by atoms with Crippen molar-refractivity contribution in [1.82, 2.24) is 0 Å². The van der Waals surface area contributed by atoms with Crippen LogP contribution in [-0.4, -0.2) is 0 Å². The largest absolute Gasteiger partial charge is 0.316 e. The van der Waals surface area contributed by atoms with Gasteiger partial charge in [0.05, 0.1) is 5.69 Å². The predicted molar refractivity (Wildman–Crippen MR) is 257 cm³/mol.